The molecule has 1 aromatic rings. The first kappa shape index (κ1) is 15.5. The number of hydrogen-bond donors (Lipinski definition) is 1. The number of piperidine rings is 1. The normalized spacial score (nSPS) is 18.3. The largest absolute Gasteiger partial charge is 0.384 e. The lowest BCUT2D eigenvalue weighted by molar-refractivity contribution is 0.121. The summed E-state index contributed by atoms with van der Waals surface area (Å²) in [7, 11) is -1.89. The molecule has 1 aromatic heterocycles. The van der Waals surface area contributed by atoms with Gasteiger partial charge in [0.1, 0.15) is 10.7 Å². The Kier molecular flexibility index (Phi) is 4.85. The van der Waals surface area contributed by atoms with Gasteiger partial charge >= 0.3 is 0 Å². The fourth-order valence-electron chi connectivity index (χ4n) is 2.27. The topological polar surface area (TPSA) is 85.5 Å². The van der Waals surface area contributed by atoms with Crippen LogP contribution in [0.3, 0.4) is 0 Å². The SMILES string of the molecule is COCC1CCN(S(=O)(=O)c2cnc(N)c(Cl)c2)CC1. The van der Waals surface area contributed by atoms with Gasteiger partial charge in [-0.3, -0.25) is 0 Å². The first-order chi connectivity index (χ1) is 9.45. The Bertz CT molecular complexity index is 571. The predicted molar refractivity (Wildman–Crippen MR) is 77.0 cm³/mol. The number of ether oxygens (including phenoxy) is 1. The van der Waals surface area contributed by atoms with Crippen LogP contribution in [0.2, 0.25) is 5.02 Å². The second-order valence-corrected chi connectivity index (χ2v) is 7.19. The second-order valence-electron chi connectivity index (χ2n) is 4.84. The maximum absolute atomic E-state index is 12.5. The maximum atomic E-state index is 12.5. The van der Waals surface area contributed by atoms with E-state index in [0.717, 1.165) is 12.8 Å². The second kappa shape index (κ2) is 6.26. The fourth-order valence-corrected chi connectivity index (χ4v) is 3.95. The number of nitrogens with two attached hydrogens (primary N) is 1. The molecule has 1 aliphatic rings. The summed E-state index contributed by atoms with van der Waals surface area (Å²) >= 11 is 5.84. The van der Waals surface area contributed by atoms with Crippen LogP contribution in [0, 0.1) is 5.92 Å². The van der Waals surface area contributed by atoms with Gasteiger partial charge in [0.05, 0.1) is 5.02 Å². The van der Waals surface area contributed by atoms with Crippen LogP contribution in [-0.4, -0.2) is 44.5 Å². The zero-order chi connectivity index (χ0) is 14.8. The first-order valence-corrected chi connectivity index (χ1v) is 8.17. The van der Waals surface area contributed by atoms with E-state index in [1.165, 1.54) is 16.6 Å². The highest BCUT2D eigenvalue weighted by molar-refractivity contribution is 7.89. The molecule has 0 amide bonds. The third kappa shape index (κ3) is 3.22. The van der Waals surface area contributed by atoms with E-state index < -0.39 is 10.0 Å². The summed E-state index contributed by atoms with van der Waals surface area (Å²) in [6, 6.07) is 1.35. The molecular weight excluding hydrogens is 302 g/mol. The Hall–Kier alpha value is -0.890. The fraction of sp³-hybridized carbons (Fsp3) is 0.583. The number of rotatable bonds is 4. The highest BCUT2D eigenvalue weighted by Crippen LogP contribution is 2.26. The number of halogens is 1. The molecular formula is C12H18ClN3O3S. The van der Waals surface area contributed by atoms with Crippen LogP contribution in [0.25, 0.3) is 0 Å². The van der Waals surface area contributed by atoms with E-state index in [9.17, 15) is 8.42 Å². The minimum Gasteiger partial charge on any atom is -0.384 e. The van der Waals surface area contributed by atoms with Gasteiger partial charge in [-0.1, -0.05) is 11.6 Å². The van der Waals surface area contributed by atoms with E-state index in [1.807, 2.05) is 0 Å². The van der Waals surface area contributed by atoms with E-state index in [2.05, 4.69) is 4.98 Å². The molecule has 20 heavy (non-hydrogen) atoms. The summed E-state index contributed by atoms with van der Waals surface area (Å²) in [6.07, 6.45) is 2.84. The van der Waals surface area contributed by atoms with E-state index in [-0.39, 0.29) is 15.7 Å². The van der Waals surface area contributed by atoms with Gasteiger partial charge in [-0.25, -0.2) is 13.4 Å². The maximum Gasteiger partial charge on any atom is 0.244 e. The molecule has 0 saturated carbocycles. The number of sulfonamides is 1. The van der Waals surface area contributed by atoms with E-state index >= 15 is 0 Å². The molecule has 0 aliphatic carbocycles. The number of nitrogens with zero attached hydrogens (tertiary/aromatic N) is 2. The van der Waals surface area contributed by atoms with Crippen molar-refractivity contribution in [2.45, 2.75) is 17.7 Å². The van der Waals surface area contributed by atoms with Gasteiger partial charge in [-0.15, -0.1) is 0 Å². The van der Waals surface area contributed by atoms with E-state index in [0.29, 0.717) is 25.6 Å². The average molecular weight is 320 g/mol. The number of nitrogen functional groups attached to an aromatic ring is 1. The first-order valence-electron chi connectivity index (χ1n) is 6.35. The van der Waals surface area contributed by atoms with Crippen molar-refractivity contribution in [3.8, 4) is 0 Å². The zero-order valence-electron chi connectivity index (χ0n) is 11.3. The van der Waals surface area contributed by atoms with Crippen LogP contribution >= 0.6 is 11.6 Å². The molecule has 2 heterocycles. The van der Waals surface area contributed by atoms with Gasteiger partial charge in [-0.05, 0) is 24.8 Å². The third-order valence-corrected chi connectivity index (χ3v) is 5.62. The molecule has 2 rings (SSSR count). The highest BCUT2D eigenvalue weighted by Gasteiger charge is 2.29. The van der Waals surface area contributed by atoms with Crippen molar-refractivity contribution in [1.29, 1.82) is 0 Å². The molecule has 0 atom stereocenters. The molecule has 0 aromatic carbocycles. The molecule has 1 saturated heterocycles. The molecule has 6 nitrogen and oxygen atoms in total. The Balaban J connectivity index is 2.13. The third-order valence-electron chi connectivity index (χ3n) is 3.46. The number of methoxy groups -OCH3 is 1. The highest BCUT2D eigenvalue weighted by atomic mass is 35.5. The average Bonchev–Trinajstić information content (AvgIpc) is 2.43. The van der Waals surface area contributed by atoms with Gasteiger partial charge < -0.3 is 10.5 Å². The lowest BCUT2D eigenvalue weighted by Gasteiger charge is -2.30. The molecule has 0 radical (unpaired) electrons. The van der Waals surface area contributed by atoms with Crippen molar-refractivity contribution in [3.63, 3.8) is 0 Å². The Morgan fingerprint density at radius 3 is 2.70 bits per heavy atom. The van der Waals surface area contributed by atoms with Crippen LogP contribution in [-0.2, 0) is 14.8 Å². The molecule has 2 N–H and O–H groups in total. The van der Waals surface area contributed by atoms with Crippen LogP contribution in [0.15, 0.2) is 17.2 Å². The van der Waals surface area contributed by atoms with Crippen molar-refractivity contribution < 1.29 is 13.2 Å². The number of pyridine rings is 1. The molecule has 0 unspecified atom stereocenters. The van der Waals surface area contributed by atoms with Crippen LogP contribution in [0.1, 0.15) is 12.8 Å². The molecule has 0 bridgehead atoms. The van der Waals surface area contributed by atoms with Crippen LogP contribution in [0.5, 0.6) is 0 Å². The van der Waals surface area contributed by atoms with Gasteiger partial charge in [0.15, 0.2) is 0 Å². The molecule has 1 aliphatic heterocycles. The van der Waals surface area contributed by atoms with Crippen LogP contribution in [0.4, 0.5) is 5.82 Å². The van der Waals surface area contributed by atoms with Crippen molar-refractivity contribution in [3.05, 3.63) is 17.3 Å². The summed E-state index contributed by atoms with van der Waals surface area (Å²) in [6.45, 7) is 1.64. The predicted octanol–water partition coefficient (Wildman–Crippen LogP) is 1.36. The molecule has 8 heteroatoms. The molecule has 1 fully saturated rings. The Morgan fingerprint density at radius 2 is 2.15 bits per heavy atom. The minimum absolute atomic E-state index is 0.0851. The van der Waals surface area contributed by atoms with Gasteiger partial charge in [0, 0.05) is 33.0 Å². The summed E-state index contributed by atoms with van der Waals surface area (Å²) in [5, 5.41) is 0.153. The zero-order valence-corrected chi connectivity index (χ0v) is 12.8. The van der Waals surface area contributed by atoms with Gasteiger partial charge in [-0.2, -0.15) is 4.31 Å². The Morgan fingerprint density at radius 1 is 1.50 bits per heavy atom. The number of hydrogen-bond acceptors (Lipinski definition) is 5. The number of anilines is 1. The smallest absolute Gasteiger partial charge is 0.244 e. The number of aromatic nitrogens is 1. The Labute approximate surface area is 123 Å². The summed E-state index contributed by atoms with van der Waals surface area (Å²) < 4.78 is 31.5. The van der Waals surface area contributed by atoms with Crippen LogP contribution < -0.4 is 5.73 Å². The molecule has 112 valence electrons. The van der Waals surface area contributed by atoms with E-state index in [1.54, 1.807) is 7.11 Å². The van der Waals surface area contributed by atoms with Gasteiger partial charge in [0.2, 0.25) is 10.0 Å². The van der Waals surface area contributed by atoms with Crippen molar-refractivity contribution in [2.75, 3.05) is 32.5 Å². The monoisotopic (exact) mass is 319 g/mol. The summed E-state index contributed by atoms with van der Waals surface area (Å²) in [5.74, 6) is 0.545. The quantitative estimate of drug-likeness (QED) is 0.905. The van der Waals surface area contributed by atoms with E-state index in [4.69, 9.17) is 22.1 Å². The minimum atomic E-state index is -3.55. The van der Waals surface area contributed by atoms with Crippen molar-refractivity contribution in [2.24, 2.45) is 5.92 Å². The van der Waals surface area contributed by atoms with Crippen molar-refractivity contribution in [1.82, 2.24) is 9.29 Å². The van der Waals surface area contributed by atoms with Crippen molar-refractivity contribution >= 4 is 27.4 Å². The molecule has 0 spiro atoms. The van der Waals surface area contributed by atoms with Gasteiger partial charge in [0.25, 0.3) is 0 Å². The summed E-state index contributed by atoms with van der Waals surface area (Å²) in [5.41, 5.74) is 5.50. The standard InChI is InChI=1S/C12H18ClN3O3S/c1-19-8-9-2-4-16(5-3-9)20(17,18)10-6-11(13)12(14)15-7-10/h6-7,9H,2-5,8H2,1H3,(H2,14,15). The lowest BCUT2D eigenvalue weighted by Crippen LogP contribution is -2.39. The lowest BCUT2D eigenvalue weighted by atomic mass is 9.99. The summed E-state index contributed by atoms with van der Waals surface area (Å²) in [4.78, 5) is 3.89.